The number of rotatable bonds is 0. The molecule has 62 valence electrons. The molecule has 4 heteroatoms. The molecule has 0 atom stereocenters. The molecule has 2 rings (SSSR count). The first kappa shape index (κ1) is 8.31. The summed E-state index contributed by atoms with van der Waals surface area (Å²) in [5.74, 6) is 0. The Morgan fingerprint density at radius 2 is 2.33 bits per heavy atom. The van der Waals surface area contributed by atoms with Crippen molar-refractivity contribution in [3.05, 3.63) is 27.1 Å². The van der Waals surface area contributed by atoms with Gasteiger partial charge in [-0.1, -0.05) is 11.6 Å². The number of hydrogen-bond acceptors (Lipinski definition) is 1. The highest BCUT2D eigenvalue weighted by Crippen LogP contribution is 2.24. The number of halogens is 2. The van der Waals surface area contributed by atoms with Crippen LogP contribution in [0.3, 0.4) is 0 Å². The molecule has 0 aromatic carbocycles. The fourth-order valence-corrected chi connectivity index (χ4v) is 1.89. The number of aromatic nitrogens is 2. The summed E-state index contributed by atoms with van der Waals surface area (Å²) in [5, 5.41) is 1.78. The van der Waals surface area contributed by atoms with Crippen LogP contribution in [0.5, 0.6) is 0 Å². The Hall–Kier alpha value is -0.290. The first-order chi connectivity index (χ1) is 5.70. The molecular formula is C8H6ClIN2. The lowest BCUT2D eigenvalue weighted by atomic mass is 10.3. The molecular weight excluding hydrogens is 286 g/mol. The van der Waals surface area contributed by atoms with Crippen LogP contribution in [-0.4, -0.2) is 9.55 Å². The van der Waals surface area contributed by atoms with E-state index in [9.17, 15) is 0 Å². The zero-order valence-electron chi connectivity index (χ0n) is 6.38. The van der Waals surface area contributed by atoms with Gasteiger partial charge in [-0.2, -0.15) is 0 Å². The molecule has 0 saturated heterocycles. The first-order valence-corrected chi connectivity index (χ1v) is 4.91. The zero-order chi connectivity index (χ0) is 8.72. The molecule has 0 bridgehead atoms. The van der Waals surface area contributed by atoms with Crippen molar-refractivity contribution in [2.24, 2.45) is 7.05 Å². The molecule has 0 N–H and O–H groups in total. The summed E-state index contributed by atoms with van der Waals surface area (Å²) >= 11 is 8.24. The normalized spacial score (nSPS) is 10.9. The van der Waals surface area contributed by atoms with Gasteiger partial charge in [0.2, 0.25) is 0 Å². The van der Waals surface area contributed by atoms with E-state index in [1.807, 2.05) is 17.7 Å². The molecule has 0 spiro atoms. The predicted molar refractivity (Wildman–Crippen MR) is 58.4 cm³/mol. The van der Waals surface area contributed by atoms with Crippen molar-refractivity contribution in [1.29, 1.82) is 0 Å². The molecule has 2 heterocycles. The van der Waals surface area contributed by atoms with E-state index in [4.69, 9.17) is 11.6 Å². The molecule has 2 nitrogen and oxygen atoms in total. The lowest BCUT2D eigenvalue weighted by Gasteiger charge is -1.95. The maximum Gasteiger partial charge on any atom is 0.141 e. The molecule has 0 fully saturated rings. The van der Waals surface area contributed by atoms with Crippen LogP contribution in [0.2, 0.25) is 5.02 Å². The second kappa shape index (κ2) is 2.88. The smallest absolute Gasteiger partial charge is 0.141 e. The van der Waals surface area contributed by atoms with Crippen molar-refractivity contribution in [1.82, 2.24) is 9.55 Å². The number of nitrogens with zero attached hydrogens (tertiary/aromatic N) is 2. The monoisotopic (exact) mass is 292 g/mol. The minimum absolute atomic E-state index is 0.763. The minimum Gasteiger partial charge on any atom is -0.324 e. The van der Waals surface area contributed by atoms with Crippen LogP contribution in [0, 0.1) is 3.70 Å². The Labute approximate surface area is 88.7 Å². The fourth-order valence-electron chi connectivity index (χ4n) is 1.16. The van der Waals surface area contributed by atoms with Crippen LogP contribution in [-0.2, 0) is 7.05 Å². The maximum atomic E-state index is 5.99. The van der Waals surface area contributed by atoms with Crippen molar-refractivity contribution in [3.8, 4) is 0 Å². The van der Waals surface area contributed by atoms with Gasteiger partial charge in [-0.15, -0.1) is 0 Å². The van der Waals surface area contributed by atoms with E-state index in [2.05, 4.69) is 27.6 Å². The molecule has 0 aliphatic heterocycles. The minimum atomic E-state index is 0.763. The lowest BCUT2D eigenvalue weighted by Crippen LogP contribution is -1.90. The van der Waals surface area contributed by atoms with Gasteiger partial charge in [0.05, 0.1) is 8.72 Å². The molecule has 0 aliphatic rings. The van der Waals surface area contributed by atoms with Crippen molar-refractivity contribution in [2.45, 2.75) is 0 Å². The number of pyridine rings is 1. The van der Waals surface area contributed by atoms with Gasteiger partial charge in [0.15, 0.2) is 0 Å². The number of aryl methyl sites for hydroxylation is 1. The predicted octanol–water partition coefficient (Wildman–Crippen LogP) is 2.83. The van der Waals surface area contributed by atoms with Crippen LogP contribution in [0.15, 0.2) is 18.3 Å². The Bertz CT molecular complexity index is 436. The lowest BCUT2D eigenvalue weighted by molar-refractivity contribution is 0.920. The average molecular weight is 293 g/mol. The SMILES string of the molecule is Cn1c(I)cc2c(Cl)ccnc21. The second-order valence-electron chi connectivity index (χ2n) is 2.56. The molecule has 0 amide bonds. The highest BCUT2D eigenvalue weighted by Gasteiger charge is 2.06. The number of fused-ring (bicyclic) bond motifs is 1. The quantitative estimate of drug-likeness (QED) is 0.683. The van der Waals surface area contributed by atoms with Crippen LogP contribution in [0.25, 0.3) is 11.0 Å². The Morgan fingerprint density at radius 3 is 3.00 bits per heavy atom. The summed E-state index contributed by atoms with van der Waals surface area (Å²) < 4.78 is 3.16. The Kier molecular flexibility index (Phi) is 2.00. The molecule has 12 heavy (non-hydrogen) atoms. The molecule has 0 radical (unpaired) electrons. The highest BCUT2D eigenvalue weighted by atomic mass is 127. The van der Waals surface area contributed by atoms with Gasteiger partial charge in [-0.05, 0) is 34.7 Å². The van der Waals surface area contributed by atoms with Crippen molar-refractivity contribution in [2.75, 3.05) is 0 Å². The van der Waals surface area contributed by atoms with Gasteiger partial charge >= 0.3 is 0 Å². The fraction of sp³-hybridized carbons (Fsp3) is 0.125. The van der Waals surface area contributed by atoms with E-state index in [0.717, 1.165) is 19.8 Å². The van der Waals surface area contributed by atoms with E-state index < -0.39 is 0 Å². The van der Waals surface area contributed by atoms with Crippen molar-refractivity contribution < 1.29 is 0 Å². The van der Waals surface area contributed by atoms with Crippen molar-refractivity contribution >= 4 is 45.2 Å². The molecule has 0 unspecified atom stereocenters. The third-order valence-corrected chi connectivity index (χ3v) is 3.18. The third-order valence-electron chi connectivity index (χ3n) is 1.82. The first-order valence-electron chi connectivity index (χ1n) is 3.45. The molecule has 2 aromatic heterocycles. The average Bonchev–Trinajstić information content (AvgIpc) is 2.32. The summed E-state index contributed by atoms with van der Waals surface area (Å²) in [6.07, 6.45) is 1.72. The van der Waals surface area contributed by atoms with Crippen LogP contribution < -0.4 is 0 Å². The topological polar surface area (TPSA) is 17.8 Å². The summed E-state index contributed by atoms with van der Waals surface area (Å²) in [4.78, 5) is 4.24. The largest absolute Gasteiger partial charge is 0.324 e. The third kappa shape index (κ3) is 1.11. The summed E-state index contributed by atoms with van der Waals surface area (Å²) in [6, 6.07) is 3.84. The molecule has 2 aromatic rings. The van der Waals surface area contributed by atoms with Gasteiger partial charge in [0.25, 0.3) is 0 Å². The number of hydrogen-bond donors (Lipinski definition) is 0. The van der Waals surface area contributed by atoms with Crippen LogP contribution in [0.1, 0.15) is 0 Å². The van der Waals surface area contributed by atoms with Gasteiger partial charge in [0, 0.05) is 18.6 Å². The van der Waals surface area contributed by atoms with Gasteiger partial charge in [-0.3, -0.25) is 0 Å². The van der Waals surface area contributed by atoms with Gasteiger partial charge in [0.1, 0.15) is 5.65 Å². The highest BCUT2D eigenvalue weighted by molar-refractivity contribution is 14.1. The summed E-state index contributed by atoms with van der Waals surface area (Å²) in [7, 11) is 1.98. The summed E-state index contributed by atoms with van der Waals surface area (Å²) in [6.45, 7) is 0. The van der Waals surface area contributed by atoms with Crippen LogP contribution >= 0.6 is 34.2 Å². The van der Waals surface area contributed by atoms with E-state index in [1.54, 1.807) is 12.3 Å². The van der Waals surface area contributed by atoms with Gasteiger partial charge < -0.3 is 4.57 Å². The van der Waals surface area contributed by atoms with Crippen LogP contribution in [0.4, 0.5) is 0 Å². The summed E-state index contributed by atoms with van der Waals surface area (Å²) in [5.41, 5.74) is 0.937. The zero-order valence-corrected chi connectivity index (χ0v) is 9.30. The molecule has 0 aliphatic carbocycles. The van der Waals surface area contributed by atoms with E-state index in [1.165, 1.54) is 0 Å². The van der Waals surface area contributed by atoms with E-state index in [-0.39, 0.29) is 0 Å². The Balaban J connectivity index is 2.95. The van der Waals surface area contributed by atoms with Crippen molar-refractivity contribution in [3.63, 3.8) is 0 Å². The maximum absolute atomic E-state index is 5.99. The Morgan fingerprint density at radius 1 is 1.58 bits per heavy atom. The second-order valence-corrected chi connectivity index (χ2v) is 4.07. The molecule has 0 saturated carbocycles. The standard InChI is InChI=1S/C8H6ClIN2/c1-12-7(10)4-5-6(9)2-3-11-8(5)12/h2-4H,1H3. The van der Waals surface area contributed by atoms with E-state index in [0.29, 0.717) is 0 Å². The van der Waals surface area contributed by atoms with Gasteiger partial charge in [-0.25, -0.2) is 4.98 Å². The van der Waals surface area contributed by atoms with E-state index >= 15 is 0 Å².